The molecule has 0 aliphatic carbocycles. The van der Waals surface area contributed by atoms with Crippen molar-refractivity contribution in [3.05, 3.63) is 30.3 Å². The zero-order valence-electron chi connectivity index (χ0n) is 6.00. The maximum Gasteiger partial charge on any atom is 0.253 e. The van der Waals surface area contributed by atoms with Gasteiger partial charge in [-0.2, -0.15) is 0 Å². The largest absolute Gasteiger partial charge is 0.453 e. The van der Waals surface area contributed by atoms with Crippen LogP contribution in [-0.2, 0) is 4.12 Å². The number of benzene rings is 1. The summed E-state index contributed by atoms with van der Waals surface area (Å²) < 4.78 is 5.11. The summed E-state index contributed by atoms with van der Waals surface area (Å²) in [5.74, 6) is 0. The molecule has 0 atom stereocenters. The van der Waals surface area contributed by atoms with Crippen LogP contribution in [-0.4, -0.2) is 20.4 Å². The highest BCUT2D eigenvalue weighted by molar-refractivity contribution is 6.38. The molecule has 0 heterocycles. The van der Waals surface area contributed by atoms with E-state index in [1.165, 1.54) is 5.69 Å². The molecular formula is C6H11NOSi2. The van der Waals surface area contributed by atoms with E-state index in [4.69, 9.17) is 4.12 Å². The Kier molecular flexibility index (Phi) is 3.21. The molecule has 0 aliphatic heterocycles. The van der Waals surface area contributed by atoms with Gasteiger partial charge in [-0.3, -0.25) is 0 Å². The minimum Gasteiger partial charge on any atom is -0.453 e. The Bertz CT molecular complexity index is 180. The van der Waals surface area contributed by atoms with Gasteiger partial charge in [-0.15, -0.1) is 0 Å². The Morgan fingerprint density at radius 1 is 1.30 bits per heavy atom. The summed E-state index contributed by atoms with van der Waals surface area (Å²) in [7, 11) is 0.384. The van der Waals surface area contributed by atoms with Crippen LogP contribution in [0.25, 0.3) is 0 Å². The molecule has 0 radical (unpaired) electrons. The predicted molar refractivity (Wildman–Crippen MR) is 49.6 cm³/mol. The first-order chi connectivity index (χ1) is 4.93. The molecule has 10 heavy (non-hydrogen) atoms. The van der Waals surface area contributed by atoms with E-state index in [9.17, 15) is 0 Å². The van der Waals surface area contributed by atoms with Crippen molar-refractivity contribution in [2.24, 2.45) is 0 Å². The van der Waals surface area contributed by atoms with Crippen LogP contribution in [0.3, 0.4) is 0 Å². The average molecular weight is 169 g/mol. The lowest BCUT2D eigenvalue weighted by molar-refractivity contribution is 0.670. The molecular weight excluding hydrogens is 158 g/mol. The molecule has 1 aromatic rings. The highest BCUT2D eigenvalue weighted by Crippen LogP contribution is 2.02. The summed E-state index contributed by atoms with van der Waals surface area (Å²) in [5.41, 5.74) is 1.17. The zero-order chi connectivity index (χ0) is 7.23. The van der Waals surface area contributed by atoms with Crippen molar-refractivity contribution < 1.29 is 4.12 Å². The van der Waals surface area contributed by atoms with Gasteiger partial charge >= 0.3 is 0 Å². The molecule has 0 saturated heterocycles. The zero-order valence-corrected chi connectivity index (χ0v) is 9.42. The maximum atomic E-state index is 5.11. The van der Waals surface area contributed by atoms with Crippen molar-refractivity contribution in [3.63, 3.8) is 0 Å². The third kappa shape index (κ3) is 2.34. The predicted octanol–water partition coefficient (Wildman–Crippen LogP) is -0.606. The highest BCUT2D eigenvalue weighted by Gasteiger charge is 1.85. The monoisotopic (exact) mass is 169 g/mol. The fourth-order valence-electron chi connectivity index (χ4n) is 0.712. The van der Waals surface area contributed by atoms with Gasteiger partial charge in [0.15, 0.2) is 0 Å². The maximum absolute atomic E-state index is 5.11. The van der Waals surface area contributed by atoms with Crippen molar-refractivity contribution in [1.82, 2.24) is 0 Å². The number of anilines is 1. The molecule has 1 rings (SSSR count). The van der Waals surface area contributed by atoms with E-state index in [-0.39, 0.29) is 0 Å². The summed E-state index contributed by atoms with van der Waals surface area (Å²) in [6.07, 6.45) is 0. The van der Waals surface area contributed by atoms with Crippen LogP contribution in [0.5, 0.6) is 0 Å². The van der Waals surface area contributed by atoms with E-state index in [1.54, 1.807) is 0 Å². The Morgan fingerprint density at radius 3 is 2.60 bits per heavy atom. The second kappa shape index (κ2) is 4.26. The molecule has 0 spiro atoms. The molecule has 1 aromatic carbocycles. The summed E-state index contributed by atoms with van der Waals surface area (Å²) in [5, 5.41) is 0. The second-order valence-corrected chi connectivity index (χ2v) is 4.93. The molecule has 0 fully saturated rings. The summed E-state index contributed by atoms with van der Waals surface area (Å²) in [6, 6.07) is 10.1. The molecule has 0 bridgehead atoms. The number of hydrogen-bond donors (Lipinski definition) is 1. The Labute approximate surface area is 66.2 Å². The van der Waals surface area contributed by atoms with E-state index in [0.717, 1.165) is 10.5 Å². The normalized spacial score (nSPS) is 10.8. The number of nitrogens with one attached hydrogen (secondary N) is 1. The van der Waals surface area contributed by atoms with Crippen LogP contribution >= 0.6 is 0 Å². The lowest BCUT2D eigenvalue weighted by atomic mass is 10.3. The third-order valence-electron chi connectivity index (χ3n) is 1.19. The van der Waals surface area contributed by atoms with Gasteiger partial charge in [-0.1, -0.05) is 18.2 Å². The topological polar surface area (TPSA) is 21.3 Å². The number of para-hydroxylation sites is 1. The van der Waals surface area contributed by atoms with E-state index >= 15 is 0 Å². The fourth-order valence-corrected chi connectivity index (χ4v) is 1.69. The first-order valence-electron chi connectivity index (χ1n) is 3.21. The van der Waals surface area contributed by atoms with Gasteiger partial charge in [-0.05, 0) is 12.1 Å². The molecule has 0 saturated carbocycles. The van der Waals surface area contributed by atoms with Gasteiger partial charge in [-0.25, -0.2) is 0 Å². The molecule has 0 unspecified atom stereocenters. The van der Waals surface area contributed by atoms with Crippen LogP contribution in [0, 0.1) is 0 Å². The first-order valence-corrected chi connectivity index (χ1v) is 5.31. The van der Waals surface area contributed by atoms with E-state index < -0.39 is 9.92 Å². The lowest BCUT2D eigenvalue weighted by Crippen LogP contribution is -2.08. The minimum absolute atomic E-state index is 0.465. The summed E-state index contributed by atoms with van der Waals surface area (Å²) in [4.78, 5) is 3.25. The van der Waals surface area contributed by atoms with Gasteiger partial charge in [0, 0.05) is 5.69 Å². The molecule has 0 amide bonds. The number of hydrogen-bond acceptors (Lipinski definition) is 2. The highest BCUT2D eigenvalue weighted by atomic mass is 28.3. The van der Waals surface area contributed by atoms with Crippen LogP contribution in [0.2, 0.25) is 0 Å². The van der Waals surface area contributed by atoms with Crippen molar-refractivity contribution in [3.8, 4) is 0 Å². The SMILES string of the molecule is [SiH3]O[SiH2]Nc1ccccc1. The van der Waals surface area contributed by atoms with Crippen molar-refractivity contribution in [1.29, 1.82) is 0 Å². The van der Waals surface area contributed by atoms with Gasteiger partial charge in [0.25, 0.3) is 9.92 Å². The van der Waals surface area contributed by atoms with Crippen molar-refractivity contribution in [2.75, 3.05) is 4.98 Å². The van der Waals surface area contributed by atoms with E-state index in [1.807, 2.05) is 30.3 Å². The van der Waals surface area contributed by atoms with Crippen LogP contribution in [0.4, 0.5) is 5.69 Å². The van der Waals surface area contributed by atoms with Gasteiger partial charge < -0.3 is 9.10 Å². The standard InChI is InChI=1S/C6H11NOSi2/c9-8-10-7-6-4-2-1-3-5-6/h1-5,7H,10H2,9H3. The van der Waals surface area contributed by atoms with Gasteiger partial charge in [0.1, 0.15) is 10.5 Å². The molecule has 4 heteroatoms. The first kappa shape index (κ1) is 7.52. The van der Waals surface area contributed by atoms with Crippen molar-refractivity contribution in [2.45, 2.75) is 0 Å². The average Bonchev–Trinajstić information content (AvgIpc) is 2.03. The van der Waals surface area contributed by atoms with Crippen molar-refractivity contribution >= 4 is 26.1 Å². The van der Waals surface area contributed by atoms with Crippen LogP contribution < -0.4 is 4.98 Å². The Morgan fingerprint density at radius 2 is 2.00 bits per heavy atom. The summed E-state index contributed by atoms with van der Waals surface area (Å²) in [6.45, 7) is 0. The van der Waals surface area contributed by atoms with Crippen LogP contribution in [0.1, 0.15) is 0 Å². The fraction of sp³-hybridized carbons (Fsp3) is 0. The second-order valence-electron chi connectivity index (χ2n) is 1.98. The van der Waals surface area contributed by atoms with Crippen LogP contribution in [0.15, 0.2) is 30.3 Å². The van der Waals surface area contributed by atoms with E-state index in [2.05, 4.69) is 4.98 Å². The number of rotatable bonds is 3. The smallest absolute Gasteiger partial charge is 0.253 e. The molecule has 54 valence electrons. The Hall–Kier alpha value is -0.586. The lowest BCUT2D eigenvalue weighted by Gasteiger charge is -2.02. The quantitative estimate of drug-likeness (QED) is 0.610. The molecule has 2 nitrogen and oxygen atoms in total. The van der Waals surface area contributed by atoms with E-state index in [0.29, 0.717) is 0 Å². The minimum atomic E-state index is -0.465. The third-order valence-corrected chi connectivity index (χ3v) is 2.90. The Balaban J connectivity index is 2.43. The molecule has 0 aliphatic rings. The summed E-state index contributed by atoms with van der Waals surface area (Å²) >= 11 is 0. The van der Waals surface area contributed by atoms with Gasteiger partial charge in [0.2, 0.25) is 0 Å². The molecule has 0 aromatic heterocycles. The molecule has 1 N–H and O–H groups in total. The van der Waals surface area contributed by atoms with Gasteiger partial charge in [0.05, 0.1) is 0 Å².